The first kappa shape index (κ1) is 20.4. The Morgan fingerprint density at radius 1 is 1.33 bits per heavy atom. The standard InChI is InChI=1S/C19H18ClF3N6O/c20-11-7-12-13(9-26-16(12)25-8-11)17-24-5-4-15(28-17)29-6-2-1-3-14(29)18(30)27-10-19(21,22)23/h4-5,7-9,14H,1-3,6,10H2,(H,25,26)(H,27,30)/t14-/m1/s1. The zero-order valence-electron chi connectivity index (χ0n) is 15.7. The number of aromatic amines is 1. The van der Waals surface area contributed by atoms with Gasteiger partial charge >= 0.3 is 6.18 Å². The first-order valence-electron chi connectivity index (χ1n) is 9.39. The van der Waals surface area contributed by atoms with Crippen molar-refractivity contribution < 1.29 is 18.0 Å². The SMILES string of the molecule is O=C(NCC(F)(F)F)[C@H]1CCCCN1c1ccnc(-c2c[nH]c3ncc(Cl)cc23)n1. The number of nitrogens with zero attached hydrogens (tertiary/aromatic N) is 4. The normalized spacial score (nSPS) is 17.3. The van der Waals surface area contributed by atoms with Crippen molar-refractivity contribution >= 4 is 34.4 Å². The first-order chi connectivity index (χ1) is 14.3. The molecule has 1 saturated heterocycles. The maximum absolute atomic E-state index is 12.5. The number of hydrogen-bond donors (Lipinski definition) is 2. The second-order valence-corrected chi connectivity index (χ2v) is 7.46. The molecule has 158 valence electrons. The molecule has 1 atom stereocenters. The van der Waals surface area contributed by atoms with Crippen LogP contribution in [-0.2, 0) is 4.79 Å². The molecule has 4 heterocycles. The van der Waals surface area contributed by atoms with Gasteiger partial charge in [0.05, 0.1) is 5.02 Å². The largest absolute Gasteiger partial charge is 0.405 e. The Labute approximate surface area is 174 Å². The van der Waals surface area contributed by atoms with Gasteiger partial charge in [-0.15, -0.1) is 0 Å². The number of carbonyl (C=O) groups is 1. The zero-order chi connectivity index (χ0) is 21.3. The highest BCUT2D eigenvalue weighted by Crippen LogP contribution is 2.29. The maximum Gasteiger partial charge on any atom is 0.405 e. The van der Waals surface area contributed by atoms with Crippen molar-refractivity contribution in [2.45, 2.75) is 31.5 Å². The van der Waals surface area contributed by atoms with Gasteiger partial charge < -0.3 is 15.2 Å². The van der Waals surface area contributed by atoms with Crippen molar-refractivity contribution in [3.8, 4) is 11.4 Å². The first-order valence-corrected chi connectivity index (χ1v) is 9.77. The molecule has 4 rings (SSSR count). The van der Waals surface area contributed by atoms with Gasteiger partial charge in [-0.2, -0.15) is 13.2 Å². The second-order valence-electron chi connectivity index (χ2n) is 7.03. The molecule has 30 heavy (non-hydrogen) atoms. The van der Waals surface area contributed by atoms with Crippen LogP contribution in [-0.4, -0.2) is 51.2 Å². The van der Waals surface area contributed by atoms with Crippen molar-refractivity contribution in [3.63, 3.8) is 0 Å². The minimum absolute atomic E-state index is 0.405. The molecule has 0 spiro atoms. The van der Waals surface area contributed by atoms with E-state index in [9.17, 15) is 18.0 Å². The van der Waals surface area contributed by atoms with Crippen molar-refractivity contribution in [1.29, 1.82) is 0 Å². The maximum atomic E-state index is 12.5. The van der Waals surface area contributed by atoms with Crippen LogP contribution in [0.1, 0.15) is 19.3 Å². The molecule has 3 aromatic heterocycles. The summed E-state index contributed by atoms with van der Waals surface area (Å²) in [6, 6.07) is 2.68. The number of rotatable bonds is 4. The highest BCUT2D eigenvalue weighted by Gasteiger charge is 2.33. The van der Waals surface area contributed by atoms with Crippen LogP contribution in [0.5, 0.6) is 0 Å². The van der Waals surface area contributed by atoms with Gasteiger partial charge in [-0.3, -0.25) is 4.79 Å². The lowest BCUT2D eigenvalue weighted by molar-refractivity contribution is -0.139. The third-order valence-electron chi connectivity index (χ3n) is 4.94. The summed E-state index contributed by atoms with van der Waals surface area (Å²) in [6.45, 7) is -0.837. The van der Waals surface area contributed by atoms with Gasteiger partial charge in [-0.25, -0.2) is 15.0 Å². The van der Waals surface area contributed by atoms with E-state index in [1.807, 2.05) is 5.32 Å². The number of pyridine rings is 1. The Hall–Kier alpha value is -2.88. The average molecular weight is 439 g/mol. The summed E-state index contributed by atoms with van der Waals surface area (Å²) in [5.74, 6) is 0.231. The molecule has 0 saturated carbocycles. The Kier molecular flexibility index (Phi) is 5.50. The smallest absolute Gasteiger partial charge is 0.345 e. The number of amides is 1. The van der Waals surface area contributed by atoms with Gasteiger partial charge in [-0.05, 0) is 31.4 Å². The molecule has 1 amide bonds. The molecule has 1 aliphatic heterocycles. The molecule has 2 N–H and O–H groups in total. The van der Waals surface area contributed by atoms with Crippen LogP contribution in [0.25, 0.3) is 22.4 Å². The minimum Gasteiger partial charge on any atom is -0.345 e. The van der Waals surface area contributed by atoms with E-state index in [-0.39, 0.29) is 0 Å². The third kappa shape index (κ3) is 4.33. The van der Waals surface area contributed by atoms with Crippen LogP contribution in [0, 0.1) is 0 Å². The molecule has 1 fully saturated rings. The van der Waals surface area contributed by atoms with Crippen LogP contribution in [0.15, 0.2) is 30.7 Å². The fourth-order valence-electron chi connectivity index (χ4n) is 3.59. The van der Waals surface area contributed by atoms with E-state index < -0.39 is 24.7 Å². The van der Waals surface area contributed by atoms with Crippen LogP contribution >= 0.6 is 11.6 Å². The predicted molar refractivity (Wildman–Crippen MR) is 106 cm³/mol. The lowest BCUT2D eigenvalue weighted by atomic mass is 10.0. The van der Waals surface area contributed by atoms with E-state index in [0.717, 1.165) is 18.2 Å². The fraction of sp³-hybridized carbons (Fsp3) is 0.368. The third-order valence-corrected chi connectivity index (χ3v) is 5.15. The van der Waals surface area contributed by atoms with E-state index in [4.69, 9.17) is 11.6 Å². The molecule has 1 aliphatic rings. The van der Waals surface area contributed by atoms with E-state index in [1.54, 1.807) is 29.4 Å². The average Bonchev–Trinajstić information content (AvgIpc) is 3.14. The summed E-state index contributed by atoms with van der Waals surface area (Å²) >= 11 is 6.05. The summed E-state index contributed by atoms with van der Waals surface area (Å²) < 4.78 is 37.5. The minimum atomic E-state index is -4.46. The molecular weight excluding hydrogens is 421 g/mol. The predicted octanol–water partition coefficient (Wildman–Crippen LogP) is 3.71. The van der Waals surface area contributed by atoms with Crippen molar-refractivity contribution in [3.05, 3.63) is 35.7 Å². The van der Waals surface area contributed by atoms with E-state index in [0.29, 0.717) is 40.8 Å². The van der Waals surface area contributed by atoms with Gasteiger partial charge in [-0.1, -0.05) is 11.6 Å². The van der Waals surface area contributed by atoms with Gasteiger partial charge in [0, 0.05) is 36.1 Å². The van der Waals surface area contributed by atoms with Crippen molar-refractivity contribution in [2.75, 3.05) is 18.0 Å². The quantitative estimate of drug-likeness (QED) is 0.648. The summed E-state index contributed by atoms with van der Waals surface area (Å²) in [5.41, 5.74) is 1.32. The van der Waals surface area contributed by atoms with E-state index in [2.05, 4.69) is 19.9 Å². The van der Waals surface area contributed by atoms with Gasteiger partial charge in [0.1, 0.15) is 24.1 Å². The molecule has 0 bridgehead atoms. The summed E-state index contributed by atoms with van der Waals surface area (Å²) in [4.78, 5) is 30.3. The second kappa shape index (κ2) is 8.10. The van der Waals surface area contributed by atoms with E-state index in [1.165, 1.54) is 6.20 Å². The number of alkyl halides is 3. The molecule has 0 aromatic carbocycles. The molecule has 0 unspecified atom stereocenters. The summed E-state index contributed by atoms with van der Waals surface area (Å²) in [6.07, 6.45) is 2.38. The van der Waals surface area contributed by atoms with Crippen molar-refractivity contribution in [2.24, 2.45) is 0 Å². The summed E-state index contributed by atoms with van der Waals surface area (Å²) in [7, 11) is 0. The van der Waals surface area contributed by atoms with Gasteiger partial charge in [0.2, 0.25) is 5.91 Å². The monoisotopic (exact) mass is 438 g/mol. The Balaban J connectivity index is 1.63. The van der Waals surface area contributed by atoms with Crippen molar-refractivity contribution in [1.82, 2.24) is 25.3 Å². The number of hydrogen-bond acceptors (Lipinski definition) is 5. The molecule has 0 aliphatic carbocycles. The molecular formula is C19H18ClF3N6O. The Morgan fingerprint density at radius 3 is 2.97 bits per heavy atom. The fourth-order valence-corrected chi connectivity index (χ4v) is 3.74. The van der Waals surface area contributed by atoms with Gasteiger partial charge in [0.25, 0.3) is 0 Å². The van der Waals surface area contributed by atoms with Gasteiger partial charge in [0.15, 0.2) is 5.82 Å². The molecule has 11 heteroatoms. The number of anilines is 1. The lowest BCUT2D eigenvalue weighted by Gasteiger charge is -2.35. The lowest BCUT2D eigenvalue weighted by Crippen LogP contribution is -2.51. The number of halogens is 4. The number of piperidine rings is 1. The highest BCUT2D eigenvalue weighted by molar-refractivity contribution is 6.31. The molecule has 0 radical (unpaired) electrons. The molecule has 7 nitrogen and oxygen atoms in total. The number of aromatic nitrogens is 4. The molecule has 3 aromatic rings. The van der Waals surface area contributed by atoms with Crippen LogP contribution in [0.4, 0.5) is 19.0 Å². The number of carbonyl (C=O) groups excluding carboxylic acids is 1. The number of H-pyrrole nitrogens is 1. The number of nitrogens with one attached hydrogen (secondary N) is 2. The van der Waals surface area contributed by atoms with Crippen LogP contribution in [0.2, 0.25) is 5.02 Å². The number of fused-ring (bicyclic) bond motifs is 1. The Morgan fingerprint density at radius 2 is 2.17 bits per heavy atom. The van der Waals surface area contributed by atoms with E-state index >= 15 is 0 Å². The topological polar surface area (TPSA) is 86.8 Å². The Bertz CT molecular complexity index is 1070. The zero-order valence-corrected chi connectivity index (χ0v) is 16.5. The van der Waals surface area contributed by atoms with Crippen LogP contribution < -0.4 is 10.2 Å². The summed E-state index contributed by atoms with van der Waals surface area (Å²) in [5, 5.41) is 3.21. The highest BCUT2D eigenvalue weighted by atomic mass is 35.5. The van der Waals surface area contributed by atoms with Crippen LogP contribution in [0.3, 0.4) is 0 Å².